The average molecular weight is 140 g/mol. The number of rotatable bonds is 3. The maximum Gasteiger partial charge on any atom is 0.237 e. The average Bonchev–Trinajstić information content (AvgIpc) is 1.88. The number of nitrogens with zero attached hydrogens (tertiary/aromatic N) is 1. The molecule has 0 rings (SSSR count). The van der Waals surface area contributed by atoms with E-state index >= 15 is 0 Å². The molecule has 0 aromatic rings. The van der Waals surface area contributed by atoms with Crippen molar-refractivity contribution >= 4 is 5.91 Å². The highest BCUT2D eigenvalue weighted by molar-refractivity contribution is 5.83. The Kier molecular flexibility index (Phi) is 2.88. The highest BCUT2D eigenvalue weighted by Gasteiger charge is 2.29. The molecule has 0 saturated carbocycles. The third-order valence-electron chi connectivity index (χ3n) is 1.54. The summed E-state index contributed by atoms with van der Waals surface area (Å²) in [5, 5.41) is 8.54. The van der Waals surface area contributed by atoms with Crippen LogP contribution in [0.4, 0.5) is 0 Å². The van der Waals surface area contributed by atoms with Gasteiger partial charge in [-0.2, -0.15) is 5.26 Å². The molecule has 3 nitrogen and oxygen atoms in total. The number of hydrogen-bond acceptors (Lipinski definition) is 2. The van der Waals surface area contributed by atoms with E-state index in [-0.39, 0.29) is 0 Å². The summed E-state index contributed by atoms with van der Waals surface area (Å²) < 4.78 is 0. The van der Waals surface area contributed by atoms with E-state index in [1.807, 2.05) is 13.0 Å². The fourth-order valence-corrected chi connectivity index (χ4v) is 0.734. The second kappa shape index (κ2) is 3.21. The predicted octanol–water partition coefficient (Wildman–Crippen LogP) is 0.802. The molecule has 2 N–H and O–H groups in total. The van der Waals surface area contributed by atoms with Gasteiger partial charge in [-0.1, -0.05) is 13.3 Å². The Hall–Kier alpha value is -1.04. The van der Waals surface area contributed by atoms with E-state index in [2.05, 4.69) is 0 Å². The molecule has 0 saturated heterocycles. The molecule has 0 heterocycles. The Morgan fingerprint density at radius 3 is 2.40 bits per heavy atom. The van der Waals surface area contributed by atoms with Crippen molar-refractivity contribution in [3.63, 3.8) is 0 Å². The minimum Gasteiger partial charge on any atom is -0.368 e. The smallest absolute Gasteiger partial charge is 0.237 e. The number of nitrogens with two attached hydrogens (primary N) is 1. The fraction of sp³-hybridized carbons (Fsp3) is 0.714. The van der Waals surface area contributed by atoms with Gasteiger partial charge in [0.25, 0.3) is 0 Å². The van der Waals surface area contributed by atoms with Crippen molar-refractivity contribution < 1.29 is 4.79 Å². The van der Waals surface area contributed by atoms with Crippen molar-refractivity contribution in [3.8, 4) is 6.07 Å². The minimum absolute atomic E-state index is 0.531. The van der Waals surface area contributed by atoms with Crippen molar-refractivity contribution in [1.29, 1.82) is 5.26 Å². The van der Waals surface area contributed by atoms with Gasteiger partial charge in [0.15, 0.2) is 0 Å². The monoisotopic (exact) mass is 140 g/mol. The van der Waals surface area contributed by atoms with Crippen LogP contribution >= 0.6 is 0 Å². The highest BCUT2D eigenvalue weighted by Crippen LogP contribution is 2.20. The standard InChI is InChI=1S/C7H12N2O/c1-3-4-7(2,5-8)6(9)10/h3-4H2,1-2H3,(H2,9,10). The molecule has 56 valence electrons. The summed E-state index contributed by atoms with van der Waals surface area (Å²) in [6.07, 6.45) is 1.34. The molecular formula is C7H12N2O. The molecule has 10 heavy (non-hydrogen) atoms. The fourth-order valence-electron chi connectivity index (χ4n) is 0.734. The van der Waals surface area contributed by atoms with Crippen LogP contribution in [-0.2, 0) is 4.79 Å². The molecule has 1 amide bonds. The second-order valence-corrected chi connectivity index (χ2v) is 2.56. The summed E-state index contributed by atoms with van der Waals surface area (Å²) in [6, 6.07) is 1.90. The zero-order chi connectivity index (χ0) is 8.20. The molecule has 1 atom stereocenters. The first-order valence-electron chi connectivity index (χ1n) is 3.28. The van der Waals surface area contributed by atoms with Crippen LogP contribution in [0.1, 0.15) is 26.7 Å². The summed E-state index contributed by atoms with van der Waals surface area (Å²) in [5.74, 6) is -0.531. The molecule has 0 aliphatic rings. The Morgan fingerprint density at radius 1 is 1.80 bits per heavy atom. The Labute approximate surface area is 60.8 Å². The highest BCUT2D eigenvalue weighted by atomic mass is 16.1. The van der Waals surface area contributed by atoms with Gasteiger partial charge in [-0.25, -0.2) is 0 Å². The van der Waals surface area contributed by atoms with Crippen LogP contribution in [0.15, 0.2) is 0 Å². The van der Waals surface area contributed by atoms with Gasteiger partial charge in [0.1, 0.15) is 5.41 Å². The summed E-state index contributed by atoms with van der Waals surface area (Å²) >= 11 is 0. The molecule has 0 fully saturated rings. The van der Waals surface area contributed by atoms with Crippen LogP contribution in [0.3, 0.4) is 0 Å². The third kappa shape index (κ3) is 1.73. The minimum atomic E-state index is -0.964. The summed E-state index contributed by atoms with van der Waals surface area (Å²) in [5.41, 5.74) is 4.04. The topological polar surface area (TPSA) is 66.9 Å². The van der Waals surface area contributed by atoms with Gasteiger partial charge >= 0.3 is 0 Å². The van der Waals surface area contributed by atoms with Gasteiger partial charge < -0.3 is 5.73 Å². The number of amides is 1. The van der Waals surface area contributed by atoms with Gasteiger partial charge in [0, 0.05) is 0 Å². The van der Waals surface area contributed by atoms with Gasteiger partial charge in [-0.3, -0.25) is 4.79 Å². The molecule has 0 aromatic heterocycles. The van der Waals surface area contributed by atoms with Gasteiger partial charge in [0.05, 0.1) is 6.07 Å². The Morgan fingerprint density at radius 2 is 2.30 bits per heavy atom. The lowest BCUT2D eigenvalue weighted by Crippen LogP contribution is -2.32. The van der Waals surface area contributed by atoms with Crippen molar-refractivity contribution in [2.75, 3.05) is 0 Å². The number of carbonyl (C=O) groups is 1. The molecule has 1 unspecified atom stereocenters. The first-order valence-corrected chi connectivity index (χ1v) is 3.28. The number of hydrogen-bond donors (Lipinski definition) is 1. The first kappa shape index (κ1) is 8.96. The van der Waals surface area contributed by atoms with Crippen molar-refractivity contribution in [1.82, 2.24) is 0 Å². The van der Waals surface area contributed by atoms with E-state index in [4.69, 9.17) is 11.0 Å². The van der Waals surface area contributed by atoms with Gasteiger partial charge in [0.2, 0.25) is 5.91 Å². The van der Waals surface area contributed by atoms with Crippen molar-refractivity contribution in [2.45, 2.75) is 26.7 Å². The largest absolute Gasteiger partial charge is 0.368 e. The van der Waals surface area contributed by atoms with E-state index in [0.29, 0.717) is 6.42 Å². The molecule has 0 aliphatic carbocycles. The van der Waals surface area contributed by atoms with Crippen LogP contribution in [0.5, 0.6) is 0 Å². The number of carbonyl (C=O) groups excluding carboxylic acids is 1. The number of primary amides is 1. The van der Waals surface area contributed by atoms with Gasteiger partial charge in [-0.15, -0.1) is 0 Å². The molecule has 0 spiro atoms. The molecular weight excluding hydrogens is 128 g/mol. The maximum absolute atomic E-state index is 10.6. The lowest BCUT2D eigenvalue weighted by molar-refractivity contribution is -0.124. The van der Waals surface area contributed by atoms with E-state index in [1.54, 1.807) is 6.92 Å². The normalized spacial score (nSPS) is 15.3. The Balaban J connectivity index is 4.27. The van der Waals surface area contributed by atoms with E-state index in [1.165, 1.54) is 0 Å². The summed E-state index contributed by atoms with van der Waals surface area (Å²) in [4.78, 5) is 10.6. The van der Waals surface area contributed by atoms with E-state index in [0.717, 1.165) is 6.42 Å². The number of nitriles is 1. The Bertz CT molecular complexity index is 171. The van der Waals surface area contributed by atoms with Crippen LogP contribution in [0.2, 0.25) is 0 Å². The molecule has 0 bridgehead atoms. The van der Waals surface area contributed by atoms with Gasteiger partial charge in [-0.05, 0) is 13.3 Å². The van der Waals surface area contributed by atoms with E-state index in [9.17, 15) is 4.79 Å². The maximum atomic E-state index is 10.6. The molecule has 0 aromatic carbocycles. The zero-order valence-electron chi connectivity index (χ0n) is 6.35. The molecule has 3 heteroatoms. The summed E-state index contributed by atoms with van der Waals surface area (Å²) in [7, 11) is 0. The summed E-state index contributed by atoms with van der Waals surface area (Å²) in [6.45, 7) is 3.48. The van der Waals surface area contributed by atoms with Crippen LogP contribution < -0.4 is 5.73 Å². The first-order chi connectivity index (χ1) is 4.56. The predicted molar refractivity (Wildman–Crippen MR) is 37.8 cm³/mol. The van der Waals surface area contributed by atoms with E-state index < -0.39 is 11.3 Å². The van der Waals surface area contributed by atoms with Crippen molar-refractivity contribution in [3.05, 3.63) is 0 Å². The van der Waals surface area contributed by atoms with Crippen LogP contribution in [-0.4, -0.2) is 5.91 Å². The zero-order valence-corrected chi connectivity index (χ0v) is 6.35. The second-order valence-electron chi connectivity index (χ2n) is 2.56. The lowest BCUT2D eigenvalue weighted by atomic mass is 9.87. The quantitative estimate of drug-likeness (QED) is 0.630. The lowest BCUT2D eigenvalue weighted by Gasteiger charge is -2.14. The van der Waals surface area contributed by atoms with Crippen LogP contribution in [0.25, 0.3) is 0 Å². The third-order valence-corrected chi connectivity index (χ3v) is 1.54. The van der Waals surface area contributed by atoms with Crippen LogP contribution in [0, 0.1) is 16.7 Å². The van der Waals surface area contributed by atoms with Crippen molar-refractivity contribution in [2.24, 2.45) is 11.1 Å². The SMILES string of the molecule is CCCC(C)(C#N)C(N)=O. The molecule has 0 radical (unpaired) electrons. The molecule has 0 aliphatic heterocycles.